The maximum atomic E-state index is 10.4. The van der Waals surface area contributed by atoms with Gasteiger partial charge < -0.3 is 4.79 Å². The Morgan fingerprint density at radius 2 is 2.44 bits per heavy atom. The lowest BCUT2D eigenvalue weighted by atomic mass is 10.2. The number of carbonyl (C=O) groups is 1. The molecule has 1 saturated heterocycles. The van der Waals surface area contributed by atoms with E-state index in [2.05, 4.69) is 20.8 Å². The predicted octanol–water partition coefficient (Wildman–Crippen LogP) is 0.653. The molecule has 1 heterocycles. The smallest absolute Gasteiger partial charge is 0.138 e. The zero-order chi connectivity index (χ0) is 6.85. The Morgan fingerprint density at radius 1 is 1.78 bits per heavy atom. The Kier molecular flexibility index (Phi) is 2.24. The molecule has 2 unspecified atom stereocenters. The highest BCUT2D eigenvalue weighted by Gasteiger charge is 2.28. The number of hydrogen-bond acceptors (Lipinski definition) is 2. The topological polar surface area (TPSA) is 20.3 Å². The van der Waals surface area contributed by atoms with Gasteiger partial charge >= 0.3 is 0 Å². The largest absolute Gasteiger partial charge is 0.302 e. The molecule has 1 rings (SSSR count). The Morgan fingerprint density at radius 3 is 2.67 bits per heavy atom. The van der Waals surface area contributed by atoms with Crippen LogP contribution in [0.15, 0.2) is 0 Å². The maximum Gasteiger partial charge on any atom is 0.138 e. The molecule has 0 spiro atoms. The van der Waals surface area contributed by atoms with Gasteiger partial charge in [-0.3, -0.25) is 4.90 Å². The van der Waals surface area contributed by atoms with Gasteiger partial charge in [0.05, 0.1) is 6.04 Å². The number of alkyl halides is 1. The zero-order valence-corrected chi connectivity index (χ0v) is 6.97. The predicted molar refractivity (Wildman–Crippen MR) is 39.8 cm³/mol. The lowest BCUT2D eigenvalue weighted by molar-refractivity contribution is -0.111. The van der Waals surface area contributed by atoms with Crippen LogP contribution in [0.2, 0.25) is 0 Å². The summed E-state index contributed by atoms with van der Waals surface area (Å²) in [4.78, 5) is 12.8. The molecule has 2 atom stereocenters. The van der Waals surface area contributed by atoms with E-state index in [1.54, 1.807) is 0 Å². The molecule has 52 valence electrons. The average Bonchev–Trinajstić information content (AvgIpc) is 2.12. The SMILES string of the molecule is CN1CCC(Br)C1C=O. The molecule has 9 heavy (non-hydrogen) atoms. The summed E-state index contributed by atoms with van der Waals surface area (Å²) >= 11 is 3.43. The van der Waals surface area contributed by atoms with Crippen LogP contribution in [0.4, 0.5) is 0 Å². The molecule has 0 aromatic carbocycles. The highest BCUT2D eigenvalue weighted by Crippen LogP contribution is 2.20. The Hall–Kier alpha value is 0.110. The van der Waals surface area contributed by atoms with Gasteiger partial charge in [0.15, 0.2) is 0 Å². The highest BCUT2D eigenvalue weighted by atomic mass is 79.9. The first-order valence-electron chi connectivity index (χ1n) is 3.05. The third-order valence-corrected chi connectivity index (χ3v) is 2.78. The van der Waals surface area contributed by atoms with Crippen molar-refractivity contribution < 1.29 is 4.79 Å². The third kappa shape index (κ3) is 1.33. The third-order valence-electron chi connectivity index (χ3n) is 1.78. The standard InChI is InChI=1S/C6H10BrNO/c1-8-3-2-5(7)6(8)4-9/h4-6H,2-3H2,1H3. The van der Waals surface area contributed by atoms with E-state index in [0.29, 0.717) is 4.83 Å². The first-order chi connectivity index (χ1) is 4.25. The lowest BCUT2D eigenvalue weighted by Gasteiger charge is -2.13. The van der Waals surface area contributed by atoms with Crippen molar-refractivity contribution in [2.45, 2.75) is 17.3 Å². The first-order valence-corrected chi connectivity index (χ1v) is 3.97. The second kappa shape index (κ2) is 2.80. The first kappa shape index (κ1) is 7.22. The summed E-state index contributed by atoms with van der Waals surface area (Å²) in [5, 5.41) is 0. The van der Waals surface area contributed by atoms with Crippen molar-refractivity contribution in [3.8, 4) is 0 Å². The average molecular weight is 192 g/mol. The minimum atomic E-state index is 0.102. The van der Waals surface area contributed by atoms with Crippen LogP contribution in [0.5, 0.6) is 0 Å². The summed E-state index contributed by atoms with van der Waals surface area (Å²) in [6, 6.07) is 0.102. The molecule has 0 aromatic heterocycles. The Balaban J connectivity index is 2.54. The minimum Gasteiger partial charge on any atom is -0.302 e. The van der Waals surface area contributed by atoms with E-state index in [0.717, 1.165) is 19.3 Å². The molecule has 0 N–H and O–H groups in total. The van der Waals surface area contributed by atoms with Gasteiger partial charge in [-0.05, 0) is 20.0 Å². The van der Waals surface area contributed by atoms with Gasteiger partial charge in [0.1, 0.15) is 6.29 Å². The summed E-state index contributed by atoms with van der Waals surface area (Å²) in [5.74, 6) is 0. The van der Waals surface area contributed by atoms with Gasteiger partial charge in [0, 0.05) is 4.83 Å². The fourth-order valence-corrected chi connectivity index (χ4v) is 1.85. The minimum absolute atomic E-state index is 0.102. The molecule has 3 heteroatoms. The Bertz CT molecular complexity index is 108. The second-order valence-corrected chi connectivity index (χ2v) is 3.59. The van der Waals surface area contributed by atoms with E-state index in [1.807, 2.05) is 7.05 Å². The molecule has 1 aliphatic rings. The molecule has 2 nitrogen and oxygen atoms in total. The number of hydrogen-bond donors (Lipinski definition) is 0. The maximum absolute atomic E-state index is 10.4. The summed E-state index contributed by atoms with van der Waals surface area (Å²) in [5.41, 5.74) is 0. The zero-order valence-electron chi connectivity index (χ0n) is 5.38. The lowest BCUT2D eigenvalue weighted by Crippen LogP contribution is -2.30. The number of carbonyl (C=O) groups excluding carboxylic acids is 1. The van der Waals surface area contributed by atoms with Crippen molar-refractivity contribution in [2.75, 3.05) is 13.6 Å². The van der Waals surface area contributed by atoms with Crippen LogP contribution in [0.25, 0.3) is 0 Å². The van der Waals surface area contributed by atoms with E-state index in [-0.39, 0.29) is 6.04 Å². The van der Waals surface area contributed by atoms with Gasteiger partial charge in [-0.2, -0.15) is 0 Å². The molecule has 0 bridgehead atoms. The summed E-state index contributed by atoms with van der Waals surface area (Å²) < 4.78 is 0. The van der Waals surface area contributed by atoms with Crippen LogP contribution in [-0.4, -0.2) is 35.6 Å². The highest BCUT2D eigenvalue weighted by molar-refractivity contribution is 9.09. The van der Waals surface area contributed by atoms with Crippen LogP contribution >= 0.6 is 15.9 Å². The quantitative estimate of drug-likeness (QED) is 0.449. The summed E-state index contributed by atoms with van der Waals surface area (Å²) in [6.45, 7) is 1.03. The van der Waals surface area contributed by atoms with Gasteiger partial charge in [0.25, 0.3) is 0 Å². The molecule has 1 fully saturated rings. The van der Waals surface area contributed by atoms with Crippen LogP contribution in [0.3, 0.4) is 0 Å². The van der Waals surface area contributed by atoms with Gasteiger partial charge in [-0.1, -0.05) is 15.9 Å². The van der Waals surface area contributed by atoms with Crippen molar-refractivity contribution in [1.82, 2.24) is 4.90 Å². The van der Waals surface area contributed by atoms with Crippen molar-refractivity contribution >= 4 is 22.2 Å². The van der Waals surface area contributed by atoms with E-state index in [4.69, 9.17) is 0 Å². The van der Waals surface area contributed by atoms with Crippen molar-refractivity contribution in [2.24, 2.45) is 0 Å². The van der Waals surface area contributed by atoms with Gasteiger partial charge in [0.2, 0.25) is 0 Å². The van der Waals surface area contributed by atoms with E-state index >= 15 is 0 Å². The van der Waals surface area contributed by atoms with Crippen LogP contribution < -0.4 is 0 Å². The number of likely N-dealkylation sites (tertiary alicyclic amines) is 1. The molecule has 0 amide bonds. The van der Waals surface area contributed by atoms with Crippen molar-refractivity contribution in [1.29, 1.82) is 0 Å². The summed E-state index contributed by atoms with van der Waals surface area (Å²) in [7, 11) is 1.97. The van der Waals surface area contributed by atoms with Gasteiger partial charge in [-0.15, -0.1) is 0 Å². The van der Waals surface area contributed by atoms with Crippen molar-refractivity contribution in [3.05, 3.63) is 0 Å². The fraction of sp³-hybridized carbons (Fsp3) is 0.833. The number of nitrogens with zero attached hydrogens (tertiary/aromatic N) is 1. The number of halogens is 1. The second-order valence-electron chi connectivity index (χ2n) is 2.41. The number of aldehydes is 1. The van der Waals surface area contributed by atoms with E-state index in [1.165, 1.54) is 0 Å². The molecular weight excluding hydrogens is 182 g/mol. The fourth-order valence-electron chi connectivity index (χ4n) is 1.11. The van der Waals surface area contributed by atoms with E-state index < -0.39 is 0 Å². The molecule has 0 aromatic rings. The molecule has 1 aliphatic heterocycles. The molecular formula is C6H10BrNO. The van der Waals surface area contributed by atoms with Crippen LogP contribution in [-0.2, 0) is 4.79 Å². The van der Waals surface area contributed by atoms with Crippen LogP contribution in [0, 0.1) is 0 Å². The van der Waals surface area contributed by atoms with Crippen LogP contribution in [0.1, 0.15) is 6.42 Å². The molecule has 0 saturated carbocycles. The van der Waals surface area contributed by atoms with Gasteiger partial charge in [-0.25, -0.2) is 0 Å². The summed E-state index contributed by atoms with van der Waals surface area (Å²) in [6.07, 6.45) is 2.09. The molecule has 0 radical (unpaired) electrons. The van der Waals surface area contributed by atoms with Crippen molar-refractivity contribution in [3.63, 3.8) is 0 Å². The molecule has 0 aliphatic carbocycles. The van der Waals surface area contributed by atoms with E-state index in [9.17, 15) is 4.79 Å². The Labute approximate surface area is 63.3 Å². The monoisotopic (exact) mass is 191 g/mol. The number of rotatable bonds is 1. The number of likely N-dealkylation sites (N-methyl/N-ethyl adjacent to an activating group) is 1. The normalized spacial score (nSPS) is 37.1.